The third-order valence-corrected chi connectivity index (χ3v) is 11.1. The predicted molar refractivity (Wildman–Crippen MR) is 201 cm³/mol. The number of benzene rings is 7. The van der Waals surface area contributed by atoms with E-state index in [1.807, 2.05) is 0 Å². The van der Waals surface area contributed by atoms with Crippen molar-refractivity contribution in [1.29, 1.82) is 0 Å². The van der Waals surface area contributed by atoms with E-state index in [0.717, 1.165) is 12.8 Å². The molecule has 0 aliphatic heterocycles. The topological polar surface area (TPSA) is 0 Å². The highest BCUT2D eigenvalue weighted by atomic mass is 14.3. The van der Waals surface area contributed by atoms with E-state index in [9.17, 15) is 0 Å². The van der Waals surface area contributed by atoms with Gasteiger partial charge in [-0.3, -0.25) is 0 Å². The highest BCUT2D eigenvalue weighted by Crippen LogP contribution is 2.53. The van der Waals surface area contributed by atoms with Gasteiger partial charge in [0.05, 0.1) is 0 Å². The molecular formula is C46H42. The Morgan fingerprint density at radius 2 is 0.674 bits per heavy atom. The number of rotatable bonds is 10. The first kappa shape index (κ1) is 27.9. The van der Waals surface area contributed by atoms with Crippen molar-refractivity contribution in [3.63, 3.8) is 0 Å². The lowest BCUT2D eigenvalue weighted by Gasteiger charge is -2.20. The third-order valence-electron chi connectivity index (χ3n) is 11.1. The van der Waals surface area contributed by atoms with Crippen LogP contribution in [0.1, 0.15) is 76.3 Å². The van der Waals surface area contributed by atoms with Gasteiger partial charge in [0.2, 0.25) is 0 Å². The molecule has 0 heterocycles. The molecule has 0 atom stereocenters. The van der Waals surface area contributed by atoms with Gasteiger partial charge >= 0.3 is 0 Å². The van der Waals surface area contributed by atoms with Crippen LogP contribution in [0.2, 0.25) is 0 Å². The van der Waals surface area contributed by atoms with Gasteiger partial charge in [-0.2, -0.15) is 0 Å². The zero-order valence-corrected chi connectivity index (χ0v) is 27.3. The van der Waals surface area contributed by atoms with Gasteiger partial charge in [-0.05, 0) is 149 Å². The summed E-state index contributed by atoms with van der Waals surface area (Å²) in [5.41, 5.74) is 14.4. The Bertz CT molecular complexity index is 2020. The summed E-state index contributed by atoms with van der Waals surface area (Å²) in [7, 11) is 0. The largest absolute Gasteiger partial charge is 0.0654 e. The average Bonchev–Trinajstić information content (AvgIpc) is 3.58. The van der Waals surface area contributed by atoms with Crippen LogP contribution in [0.4, 0.5) is 0 Å². The van der Waals surface area contributed by atoms with Crippen molar-refractivity contribution in [3.05, 3.63) is 108 Å². The molecule has 0 amide bonds. The minimum atomic E-state index is 1.13. The normalized spacial score (nSPS) is 12.6. The van der Waals surface area contributed by atoms with Crippen LogP contribution in [-0.4, -0.2) is 0 Å². The predicted octanol–water partition coefficient (Wildman–Crippen LogP) is 13.8. The molecule has 0 spiro atoms. The Morgan fingerprint density at radius 3 is 0.978 bits per heavy atom. The Balaban J connectivity index is 1.36. The van der Waals surface area contributed by atoms with Gasteiger partial charge in [0.1, 0.15) is 0 Å². The molecule has 7 aromatic carbocycles. The standard InChI is InChI=1S/C46H42/c1-3-5-7-9-19-31-37-25-41-33-21-11-15-29-17-13-23-35(45(29)33)43(41)27-39(37)32(20-10-8-6-4-2)40-28-44-36-24-14-18-30-16-12-22-34(46(30)36)42(44)26-38(31)40/h11-18,21-28H,3-10,19-20H2,1-2H3. The number of hydrogen-bond acceptors (Lipinski definition) is 0. The van der Waals surface area contributed by atoms with Crippen LogP contribution >= 0.6 is 0 Å². The fourth-order valence-electron chi connectivity index (χ4n) is 8.96. The monoisotopic (exact) mass is 594 g/mol. The van der Waals surface area contributed by atoms with Gasteiger partial charge in [-0.25, -0.2) is 0 Å². The molecule has 9 rings (SSSR count). The van der Waals surface area contributed by atoms with E-state index in [4.69, 9.17) is 0 Å². The summed E-state index contributed by atoms with van der Waals surface area (Å²) in [5.74, 6) is 0. The lowest BCUT2D eigenvalue weighted by atomic mass is 9.83. The van der Waals surface area contributed by atoms with Crippen LogP contribution in [-0.2, 0) is 12.8 Å². The second-order valence-electron chi connectivity index (χ2n) is 13.9. The number of hydrogen-bond donors (Lipinski definition) is 0. The van der Waals surface area contributed by atoms with E-state index in [-0.39, 0.29) is 0 Å². The van der Waals surface area contributed by atoms with Gasteiger partial charge < -0.3 is 0 Å². The first-order valence-electron chi connectivity index (χ1n) is 17.9. The SMILES string of the molecule is CCCCCCc1c2cc3c(cc2c(CCCCCC)c2cc4c(cc12)-c1cccc2cccc-4c12)-c1cccc2cccc-3c12. The third kappa shape index (κ3) is 4.12. The Kier molecular flexibility index (Phi) is 6.74. The highest BCUT2D eigenvalue weighted by molar-refractivity contribution is 6.22. The summed E-state index contributed by atoms with van der Waals surface area (Å²) < 4.78 is 0. The molecule has 2 aliphatic rings. The van der Waals surface area contributed by atoms with Crippen molar-refractivity contribution in [2.45, 2.75) is 78.1 Å². The molecule has 0 aromatic heterocycles. The van der Waals surface area contributed by atoms with Gasteiger partial charge in [0, 0.05) is 0 Å². The van der Waals surface area contributed by atoms with Crippen LogP contribution in [0.3, 0.4) is 0 Å². The summed E-state index contributed by atoms with van der Waals surface area (Å²) in [6.07, 6.45) is 12.5. The molecule has 0 saturated heterocycles. The minimum absolute atomic E-state index is 1.13. The van der Waals surface area contributed by atoms with Crippen molar-refractivity contribution in [2.24, 2.45) is 0 Å². The lowest BCUT2D eigenvalue weighted by Crippen LogP contribution is -1.99. The van der Waals surface area contributed by atoms with Gasteiger partial charge in [0.15, 0.2) is 0 Å². The maximum absolute atomic E-state index is 2.60. The van der Waals surface area contributed by atoms with E-state index in [1.54, 1.807) is 11.1 Å². The van der Waals surface area contributed by atoms with Crippen molar-refractivity contribution < 1.29 is 0 Å². The van der Waals surface area contributed by atoms with E-state index in [1.165, 1.54) is 139 Å². The van der Waals surface area contributed by atoms with Gasteiger partial charge in [-0.15, -0.1) is 0 Å². The van der Waals surface area contributed by atoms with Crippen molar-refractivity contribution in [2.75, 3.05) is 0 Å². The lowest BCUT2D eigenvalue weighted by molar-refractivity contribution is 0.668. The maximum atomic E-state index is 2.60. The zero-order valence-electron chi connectivity index (χ0n) is 27.3. The maximum Gasteiger partial charge on any atom is -0.00264 e. The van der Waals surface area contributed by atoms with Gasteiger partial charge in [0.25, 0.3) is 0 Å². The van der Waals surface area contributed by atoms with E-state index < -0.39 is 0 Å². The van der Waals surface area contributed by atoms with Gasteiger partial charge in [-0.1, -0.05) is 125 Å². The Labute approximate surface area is 273 Å². The molecular weight excluding hydrogens is 553 g/mol. The van der Waals surface area contributed by atoms with Crippen LogP contribution in [0.15, 0.2) is 97.1 Å². The summed E-state index contributed by atoms with van der Waals surface area (Å²) >= 11 is 0. The van der Waals surface area contributed by atoms with Crippen molar-refractivity contribution in [3.8, 4) is 44.5 Å². The summed E-state index contributed by atoms with van der Waals surface area (Å²) in [6, 6.07) is 37.9. The molecule has 7 aromatic rings. The highest BCUT2D eigenvalue weighted by Gasteiger charge is 2.27. The van der Waals surface area contributed by atoms with Crippen LogP contribution in [0.5, 0.6) is 0 Å². The quantitative estimate of drug-likeness (QED) is 0.109. The Hall–Kier alpha value is -4.42. The van der Waals surface area contributed by atoms with E-state index >= 15 is 0 Å². The molecule has 0 N–H and O–H groups in total. The molecule has 0 heteroatoms. The Morgan fingerprint density at radius 1 is 0.348 bits per heavy atom. The molecule has 0 bridgehead atoms. The fourth-order valence-corrected chi connectivity index (χ4v) is 8.96. The van der Waals surface area contributed by atoms with E-state index in [0.29, 0.717) is 0 Å². The molecule has 46 heavy (non-hydrogen) atoms. The molecule has 0 nitrogen and oxygen atoms in total. The molecule has 0 fully saturated rings. The van der Waals surface area contributed by atoms with Crippen LogP contribution in [0, 0.1) is 0 Å². The van der Waals surface area contributed by atoms with Crippen LogP contribution < -0.4 is 0 Å². The number of unbranched alkanes of at least 4 members (excludes halogenated alkanes) is 6. The molecule has 0 saturated carbocycles. The summed E-state index contributed by atoms with van der Waals surface area (Å²) in [5, 5.41) is 11.5. The molecule has 0 radical (unpaired) electrons. The average molecular weight is 595 g/mol. The van der Waals surface area contributed by atoms with Crippen LogP contribution in [0.25, 0.3) is 87.6 Å². The minimum Gasteiger partial charge on any atom is -0.0654 e. The van der Waals surface area contributed by atoms with E-state index in [2.05, 4.69) is 111 Å². The number of aryl methyl sites for hydroxylation is 2. The van der Waals surface area contributed by atoms with Crippen molar-refractivity contribution in [1.82, 2.24) is 0 Å². The smallest absolute Gasteiger partial charge is 0.00264 e. The number of fused-ring (bicyclic) bond motifs is 8. The first-order chi connectivity index (χ1) is 22.8. The summed E-state index contributed by atoms with van der Waals surface area (Å²) in [6.45, 7) is 4.64. The molecule has 226 valence electrons. The second-order valence-corrected chi connectivity index (χ2v) is 13.9. The molecule has 2 aliphatic carbocycles. The fraction of sp³-hybridized carbons (Fsp3) is 0.261. The molecule has 0 unspecified atom stereocenters. The first-order valence-corrected chi connectivity index (χ1v) is 17.9. The zero-order chi connectivity index (χ0) is 30.8. The second kappa shape index (κ2) is 11.1. The summed E-state index contributed by atoms with van der Waals surface area (Å²) in [4.78, 5) is 0. The van der Waals surface area contributed by atoms with Crippen molar-refractivity contribution >= 4 is 43.1 Å².